The molecule has 8 heteroatoms. The Labute approximate surface area is 158 Å². The van der Waals surface area contributed by atoms with Gasteiger partial charge in [-0.05, 0) is 47.7 Å². The molecule has 0 radical (unpaired) electrons. The lowest BCUT2D eigenvalue weighted by Gasteiger charge is -2.36. The van der Waals surface area contributed by atoms with Crippen LogP contribution >= 0.6 is 11.8 Å². The Balaban J connectivity index is 1.75. The maximum Gasteiger partial charge on any atom is 0.235 e. The van der Waals surface area contributed by atoms with E-state index in [4.69, 9.17) is 4.74 Å². The summed E-state index contributed by atoms with van der Waals surface area (Å²) in [5.41, 5.74) is 0.752. The number of hydrogen-bond acceptors (Lipinski definition) is 6. The number of tetrazole rings is 1. The first-order valence-electron chi connectivity index (χ1n) is 8.86. The van der Waals surface area contributed by atoms with Crippen LogP contribution in [-0.2, 0) is 4.79 Å². The molecule has 3 rings (SSSR count). The average molecular weight is 375 g/mol. The first-order valence-corrected chi connectivity index (χ1v) is 9.74. The summed E-state index contributed by atoms with van der Waals surface area (Å²) >= 11 is 1.38. The molecule has 26 heavy (non-hydrogen) atoms. The van der Waals surface area contributed by atoms with E-state index in [9.17, 15) is 4.79 Å². The third-order valence-corrected chi connectivity index (χ3v) is 5.59. The number of rotatable bonds is 5. The van der Waals surface area contributed by atoms with Crippen molar-refractivity contribution in [1.29, 1.82) is 0 Å². The van der Waals surface area contributed by atoms with E-state index in [-0.39, 0.29) is 11.2 Å². The van der Waals surface area contributed by atoms with E-state index in [1.807, 2.05) is 36.1 Å². The van der Waals surface area contributed by atoms with E-state index in [1.165, 1.54) is 18.2 Å². The number of hydrogen-bond donors (Lipinski definition) is 0. The van der Waals surface area contributed by atoms with Gasteiger partial charge in [0.15, 0.2) is 0 Å². The molecule has 1 aliphatic rings. The first-order chi connectivity index (χ1) is 12.5. The minimum atomic E-state index is -0.257. The van der Waals surface area contributed by atoms with Crippen LogP contribution in [0.25, 0.3) is 5.69 Å². The average Bonchev–Trinajstić information content (AvgIpc) is 3.08. The van der Waals surface area contributed by atoms with Gasteiger partial charge in [-0.3, -0.25) is 4.79 Å². The fourth-order valence-corrected chi connectivity index (χ4v) is 4.40. The number of nitrogens with zero attached hydrogens (tertiary/aromatic N) is 5. The molecule has 1 aromatic carbocycles. The summed E-state index contributed by atoms with van der Waals surface area (Å²) in [7, 11) is 1.61. The number of para-hydroxylation sites is 2. The van der Waals surface area contributed by atoms with Crippen LogP contribution in [0.1, 0.15) is 27.2 Å². The Kier molecular flexibility index (Phi) is 5.80. The zero-order valence-corrected chi connectivity index (χ0v) is 16.4. The Morgan fingerprint density at radius 3 is 2.65 bits per heavy atom. The van der Waals surface area contributed by atoms with Crippen molar-refractivity contribution in [3.63, 3.8) is 0 Å². The minimum Gasteiger partial charge on any atom is -0.494 e. The predicted molar refractivity (Wildman–Crippen MR) is 101 cm³/mol. The summed E-state index contributed by atoms with van der Waals surface area (Å²) in [6, 6.07) is 7.54. The first kappa shape index (κ1) is 18.7. The van der Waals surface area contributed by atoms with Crippen LogP contribution in [0.4, 0.5) is 0 Å². The molecule has 0 aliphatic carbocycles. The van der Waals surface area contributed by atoms with E-state index in [0.717, 1.165) is 18.8 Å². The molecule has 0 saturated carbocycles. The summed E-state index contributed by atoms with van der Waals surface area (Å²) in [6.45, 7) is 7.97. The van der Waals surface area contributed by atoms with Crippen molar-refractivity contribution in [2.45, 2.75) is 37.6 Å². The summed E-state index contributed by atoms with van der Waals surface area (Å²) in [5, 5.41) is 12.3. The quantitative estimate of drug-likeness (QED) is 0.748. The van der Waals surface area contributed by atoms with Gasteiger partial charge in [-0.25, -0.2) is 0 Å². The highest BCUT2D eigenvalue weighted by atomic mass is 32.2. The smallest absolute Gasteiger partial charge is 0.235 e. The van der Waals surface area contributed by atoms with Gasteiger partial charge in [-0.2, -0.15) is 4.68 Å². The maximum atomic E-state index is 12.9. The molecule has 2 aromatic rings. The molecule has 0 N–H and O–H groups in total. The number of piperidine rings is 1. The second kappa shape index (κ2) is 8.07. The molecule has 1 aromatic heterocycles. The predicted octanol–water partition coefficient (Wildman–Crippen LogP) is 2.66. The summed E-state index contributed by atoms with van der Waals surface area (Å²) < 4.78 is 7.01. The van der Waals surface area contributed by atoms with E-state index in [0.29, 0.717) is 22.7 Å². The minimum absolute atomic E-state index is 0.142. The molecule has 140 valence electrons. The van der Waals surface area contributed by atoms with E-state index in [1.54, 1.807) is 11.8 Å². The van der Waals surface area contributed by atoms with Gasteiger partial charge in [0, 0.05) is 13.1 Å². The fourth-order valence-electron chi connectivity index (χ4n) is 3.52. The molecule has 1 fully saturated rings. The van der Waals surface area contributed by atoms with Gasteiger partial charge in [0.2, 0.25) is 11.1 Å². The molecule has 0 unspecified atom stereocenters. The molecular weight excluding hydrogens is 350 g/mol. The van der Waals surface area contributed by atoms with Gasteiger partial charge >= 0.3 is 0 Å². The number of likely N-dealkylation sites (tertiary alicyclic amines) is 1. The van der Waals surface area contributed by atoms with E-state index >= 15 is 0 Å². The Morgan fingerprint density at radius 1 is 1.27 bits per heavy atom. The highest BCUT2D eigenvalue weighted by molar-refractivity contribution is 8.00. The van der Waals surface area contributed by atoms with Crippen LogP contribution < -0.4 is 4.74 Å². The molecule has 1 saturated heterocycles. The molecule has 1 amide bonds. The van der Waals surface area contributed by atoms with Gasteiger partial charge in [0.25, 0.3) is 0 Å². The van der Waals surface area contributed by atoms with Gasteiger partial charge in [0.1, 0.15) is 11.4 Å². The normalized spacial score (nSPS) is 21.5. The highest BCUT2D eigenvalue weighted by Gasteiger charge is 2.29. The number of amides is 1. The Morgan fingerprint density at radius 2 is 1.96 bits per heavy atom. The zero-order chi connectivity index (χ0) is 18.7. The molecule has 1 aliphatic heterocycles. The van der Waals surface area contributed by atoms with Crippen LogP contribution in [0.15, 0.2) is 29.4 Å². The van der Waals surface area contributed by atoms with Crippen molar-refractivity contribution in [3.05, 3.63) is 24.3 Å². The standard InChI is InChI=1S/C18H25N5O2S/c1-12-9-13(2)11-22(10-12)17(24)14(3)26-18-19-20-21-23(18)15-7-5-6-8-16(15)25-4/h5-8,12-14H,9-11H2,1-4H3/t12-,13-,14-/m1/s1. The Bertz CT molecular complexity index is 756. The van der Waals surface area contributed by atoms with Crippen molar-refractivity contribution < 1.29 is 9.53 Å². The van der Waals surface area contributed by atoms with Crippen LogP contribution in [0.2, 0.25) is 0 Å². The number of benzene rings is 1. The summed E-state index contributed by atoms with van der Waals surface area (Å²) in [6.07, 6.45) is 1.18. The maximum absolute atomic E-state index is 12.9. The SMILES string of the molecule is COc1ccccc1-n1nnnc1S[C@H](C)C(=O)N1C[C@H](C)C[C@@H](C)C1. The third kappa shape index (κ3) is 4.00. The Hall–Kier alpha value is -2.09. The van der Waals surface area contributed by atoms with Crippen molar-refractivity contribution in [1.82, 2.24) is 25.1 Å². The van der Waals surface area contributed by atoms with Crippen molar-refractivity contribution in [2.24, 2.45) is 11.8 Å². The van der Waals surface area contributed by atoms with Crippen LogP contribution in [0.5, 0.6) is 5.75 Å². The number of ether oxygens (including phenoxy) is 1. The highest BCUT2D eigenvalue weighted by Crippen LogP contribution is 2.29. The van der Waals surface area contributed by atoms with Crippen molar-refractivity contribution in [2.75, 3.05) is 20.2 Å². The number of aromatic nitrogens is 4. The lowest BCUT2D eigenvalue weighted by atomic mass is 9.92. The van der Waals surface area contributed by atoms with Crippen LogP contribution in [0, 0.1) is 11.8 Å². The number of methoxy groups -OCH3 is 1. The zero-order valence-electron chi connectivity index (χ0n) is 15.6. The number of carbonyl (C=O) groups excluding carboxylic acids is 1. The van der Waals surface area contributed by atoms with Gasteiger partial charge in [-0.15, -0.1) is 5.10 Å². The second-order valence-corrected chi connectivity index (χ2v) is 8.30. The lowest BCUT2D eigenvalue weighted by Crippen LogP contribution is -2.45. The second-order valence-electron chi connectivity index (χ2n) is 6.99. The van der Waals surface area contributed by atoms with Gasteiger partial charge in [-0.1, -0.05) is 37.7 Å². The molecule has 3 atom stereocenters. The largest absolute Gasteiger partial charge is 0.494 e. The van der Waals surface area contributed by atoms with Crippen molar-refractivity contribution in [3.8, 4) is 11.4 Å². The fraction of sp³-hybridized carbons (Fsp3) is 0.556. The molecule has 0 bridgehead atoms. The van der Waals surface area contributed by atoms with Crippen LogP contribution in [-0.4, -0.2) is 56.5 Å². The molecule has 7 nitrogen and oxygen atoms in total. The monoisotopic (exact) mass is 375 g/mol. The number of thioether (sulfide) groups is 1. The summed E-state index contributed by atoms with van der Waals surface area (Å²) in [4.78, 5) is 14.9. The topological polar surface area (TPSA) is 73.1 Å². The van der Waals surface area contributed by atoms with Gasteiger partial charge in [0.05, 0.1) is 12.4 Å². The molecular formula is C18H25N5O2S. The van der Waals surface area contributed by atoms with E-state index in [2.05, 4.69) is 29.4 Å². The third-order valence-electron chi connectivity index (χ3n) is 4.56. The lowest BCUT2D eigenvalue weighted by molar-refractivity contribution is -0.132. The summed E-state index contributed by atoms with van der Waals surface area (Å²) in [5.74, 6) is 1.90. The van der Waals surface area contributed by atoms with E-state index < -0.39 is 0 Å². The van der Waals surface area contributed by atoms with Crippen molar-refractivity contribution >= 4 is 17.7 Å². The number of carbonyl (C=O) groups is 1. The molecule has 2 heterocycles. The van der Waals surface area contributed by atoms with Gasteiger partial charge < -0.3 is 9.64 Å². The van der Waals surface area contributed by atoms with Crippen LogP contribution in [0.3, 0.4) is 0 Å². The molecule has 0 spiro atoms.